The molecule has 4 N–H and O–H groups in total. The SMILES string of the molecule is CC(=O)OC(=O)[C@@H](N)CN.Cl. The van der Waals surface area contributed by atoms with Crippen LogP contribution in [0.1, 0.15) is 6.92 Å². The number of hydrogen-bond donors (Lipinski definition) is 2. The van der Waals surface area contributed by atoms with Crippen molar-refractivity contribution in [1.82, 2.24) is 0 Å². The lowest BCUT2D eigenvalue weighted by atomic mass is 10.3. The lowest BCUT2D eigenvalue weighted by Gasteiger charge is -2.04. The van der Waals surface area contributed by atoms with Crippen LogP contribution in [0.15, 0.2) is 0 Å². The summed E-state index contributed by atoms with van der Waals surface area (Å²) in [6, 6.07) is -0.899. The first-order chi connectivity index (χ1) is 4.57. The van der Waals surface area contributed by atoms with Gasteiger partial charge >= 0.3 is 11.9 Å². The number of hydrogen-bond acceptors (Lipinski definition) is 5. The molecule has 0 aromatic carbocycles. The zero-order chi connectivity index (χ0) is 8.15. The summed E-state index contributed by atoms with van der Waals surface area (Å²) < 4.78 is 4.12. The summed E-state index contributed by atoms with van der Waals surface area (Å²) in [6.07, 6.45) is 0. The van der Waals surface area contributed by atoms with Gasteiger partial charge in [-0.3, -0.25) is 4.79 Å². The van der Waals surface area contributed by atoms with Crippen molar-refractivity contribution in [2.75, 3.05) is 6.54 Å². The molecule has 0 amide bonds. The third kappa shape index (κ3) is 5.78. The molecule has 0 aliphatic rings. The molecule has 0 bridgehead atoms. The molecule has 0 rings (SSSR count). The summed E-state index contributed by atoms with van der Waals surface area (Å²) in [6.45, 7) is 1.10. The highest BCUT2D eigenvalue weighted by molar-refractivity contribution is 5.87. The predicted molar refractivity (Wildman–Crippen MR) is 41.1 cm³/mol. The average Bonchev–Trinajstić information content (AvgIpc) is 1.85. The van der Waals surface area contributed by atoms with Gasteiger partial charge in [0.25, 0.3) is 0 Å². The number of nitrogens with two attached hydrogens (primary N) is 2. The number of esters is 2. The van der Waals surface area contributed by atoms with E-state index in [9.17, 15) is 9.59 Å². The second-order valence-corrected chi connectivity index (χ2v) is 1.75. The van der Waals surface area contributed by atoms with Crippen molar-refractivity contribution in [2.45, 2.75) is 13.0 Å². The molecule has 0 aliphatic carbocycles. The zero-order valence-corrected chi connectivity index (χ0v) is 6.89. The van der Waals surface area contributed by atoms with E-state index >= 15 is 0 Å². The molecule has 0 aromatic heterocycles. The van der Waals surface area contributed by atoms with Gasteiger partial charge in [0.15, 0.2) is 0 Å². The Labute approximate surface area is 70.5 Å². The lowest BCUT2D eigenvalue weighted by molar-refractivity contribution is -0.158. The molecule has 0 saturated carbocycles. The van der Waals surface area contributed by atoms with Crippen LogP contribution < -0.4 is 11.5 Å². The number of carbonyl (C=O) groups excluding carboxylic acids is 2. The minimum absolute atomic E-state index is 0. The maximum atomic E-state index is 10.5. The molecule has 0 radical (unpaired) electrons. The largest absolute Gasteiger partial charge is 0.392 e. The summed E-state index contributed by atoms with van der Waals surface area (Å²) in [5.74, 6) is -1.45. The Morgan fingerprint density at radius 1 is 1.55 bits per heavy atom. The van der Waals surface area contributed by atoms with E-state index in [2.05, 4.69) is 4.74 Å². The second kappa shape index (κ2) is 6.09. The van der Waals surface area contributed by atoms with Crippen molar-refractivity contribution in [1.29, 1.82) is 0 Å². The zero-order valence-electron chi connectivity index (χ0n) is 6.07. The maximum Gasteiger partial charge on any atom is 0.331 e. The fourth-order valence-corrected chi connectivity index (χ4v) is 0.314. The van der Waals surface area contributed by atoms with E-state index in [1.807, 2.05) is 0 Å². The van der Waals surface area contributed by atoms with Crippen molar-refractivity contribution < 1.29 is 14.3 Å². The Kier molecular flexibility index (Phi) is 7.18. The Morgan fingerprint density at radius 2 is 2.00 bits per heavy atom. The van der Waals surface area contributed by atoms with Gasteiger partial charge in [-0.25, -0.2) is 4.79 Å². The van der Waals surface area contributed by atoms with Crippen LogP contribution in [-0.4, -0.2) is 24.5 Å². The molecule has 0 fully saturated rings. The molecule has 0 spiro atoms. The fourth-order valence-electron chi connectivity index (χ4n) is 0.314. The van der Waals surface area contributed by atoms with Crippen LogP contribution in [0.25, 0.3) is 0 Å². The van der Waals surface area contributed by atoms with Crippen molar-refractivity contribution in [3.8, 4) is 0 Å². The smallest absolute Gasteiger partial charge is 0.331 e. The first kappa shape index (κ1) is 13.0. The van der Waals surface area contributed by atoms with E-state index in [0.29, 0.717) is 0 Å². The van der Waals surface area contributed by atoms with Gasteiger partial charge in [-0.15, -0.1) is 12.4 Å². The molecule has 0 aliphatic heterocycles. The second-order valence-electron chi connectivity index (χ2n) is 1.75. The quantitative estimate of drug-likeness (QED) is 0.413. The van der Waals surface area contributed by atoms with Gasteiger partial charge in [-0.05, 0) is 0 Å². The third-order valence-electron chi connectivity index (χ3n) is 0.801. The van der Waals surface area contributed by atoms with Gasteiger partial charge in [0, 0.05) is 13.5 Å². The first-order valence-corrected chi connectivity index (χ1v) is 2.76. The summed E-state index contributed by atoms with van der Waals surface area (Å²) >= 11 is 0. The van der Waals surface area contributed by atoms with Gasteiger partial charge in [0.2, 0.25) is 0 Å². The topological polar surface area (TPSA) is 95.4 Å². The lowest BCUT2D eigenvalue weighted by Crippen LogP contribution is -2.39. The molecule has 0 saturated heterocycles. The van der Waals surface area contributed by atoms with Crippen LogP contribution in [-0.2, 0) is 14.3 Å². The van der Waals surface area contributed by atoms with Crippen LogP contribution in [0, 0.1) is 0 Å². The van der Waals surface area contributed by atoms with Gasteiger partial charge < -0.3 is 16.2 Å². The first-order valence-electron chi connectivity index (χ1n) is 2.76. The van der Waals surface area contributed by atoms with Gasteiger partial charge in [0.1, 0.15) is 6.04 Å². The Morgan fingerprint density at radius 3 is 2.27 bits per heavy atom. The Hall–Kier alpha value is -0.650. The number of carbonyl (C=O) groups is 2. The summed E-state index contributed by atoms with van der Waals surface area (Å²) in [4.78, 5) is 20.7. The molecule has 6 heteroatoms. The van der Waals surface area contributed by atoms with E-state index in [4.69, 9.17) is 11.5 Å². The molecule has 0 heterocycles. The molecule has 0 unspecified atom stereocenters. The highest BCUT2D eigenvalue weighted by Crippen LogP contribution is 1.83. The molecule has 0 aromatic rings. The van der Waals surface area contributed by atoms with E-state index in [1.54, 1.807) is 0 Å². The van der Waals surface area contributed by atoms with E-state index in [1.165, 1.54) is 0 Å². The highest BCUT2D eigenvalue weighted by Gasteiger charge is 2.14. The maximum absolute atomic E-state index is 10.5. The summed E-state index contributed by atoms with van der Waals surface area (Å²) in [5.41, 5.74) is 10.1. The number of rotatable bonds is 2. The minimum atomic E-state index is -0.899. The third-order valence-corrected chi connectivity index (χ3v) is 0.801. The van der Waals surface area contributed by atoms with Crippen LogP contribution >= 0.6 is 12.4 Å². The molecule has 1 atom stereocenters. The van der Waals surface area contributed by atoms with Crippen molar-refractivity contribution in [2.24, 2.45) is 11.5 Å². The van der Waals surface area contributed by atoms with Crippen LogP contribution in [0.3, 0.4) is 0 Å². The highest BCUT2D eigenvalue weighted by atomic mass is 35.5. The van der Waals surface area contributed by atoms with Crippen LogP contribution in [0.5, 0.6) is 0 Å². The van der Waals surface area contributed by atoms with Gasteiger partial charge in [0.05, 0.1) is 0 Å². The average molecular weight is 183 g/mol. The fraction of sp³-hybridized carbons (Fsp3) is 0.600. The Balaban J connectivity index is 0. The van der Waals surface area contributed by atoms with Crippen LogP contribution in [0.4, 0.5) is 0 Å². The predicted octanol–water partition coefficient (Wildman–Crippen LogP) is -1.22. The van der Waals surface area contributed by atoms with Crippen LogP contribution in [0.2, 0.25) is 0 Å². The molecular weight excluding hydrogens is 172 g/mol. The molecule has 66 valence electrons. The van der Waals surface area contributed by atoms with Gasteiger partial charge in [-0.1, -0.05) is 0 Å². The van der Waals surface area contributed by atoms with E-state index in [-0.39, 0.29) is 19.0 Å². The summed E-state index contributed by atoms with van der Waals surface area (Å²) in [7, 11) is 0. The minimum Gasteiger partial charge on any atom is -0.392 e. The van der Waals surface area contributed by atoms with Gasteiger partial charge in [-0.2, -0.15) is 0 Å². The van der Waals surface area contributed by atoms with E-state index in [0.717, 1.165) is 6.92 Å². The number of ether oxygens (including phenoxy) is 1. The number of halogens is 1. The van der Waals surface area contributed by atoms with E-state index < -0.39 is 18.0 Å². The molecule has 5 nitrogen and oxygen atoms in total. The Bertz CT molecular complexity index is 151. The van der Waals surface area contributed by atoms with Crippen molar-refractivity contribution >= 4 is 24.3 Å². The molecular formula is C5H11ClN2O3. The summed E-state index contributed by atoms with van der Waals surface area (Å²) in [5, 5.41) is 0. The monoisotopic (exact) mass is 182 g/mol. The standard InChI is InChI=1S/C5H10N2O3.ClH/c1-3(8)10-5(9)4(7)2-6;/h4H,2,6-7H2,1H3;1H/t4-;/m0./s1. The normalized spacial score (nSPS) is 11.2. The van der Waals surface area contributed by atoms with Crippen molar-refractivity contribution in [3.63, 3.8) is 0 Å². The van der Waals surface area contributed by atoms with Crippen molar-refractivity contribution in [3.05, 3.63) is 0 Å². The molecule has 11 heavy (non-hydrogen) atoms.